The lowest BCUT2D eigenvalue weighted by Gasteiger charge is -2.01. The molecule has 0 aliphatic rings. The zero-order valence-electron chi connectivity index (χ0n) is 7.29. The Morgan fingerprint density at radius 2 is 2.08 bits per heavy atom. The molecule has 2 aromatic rings. The number of aryl methyl sites for hydroxylation is 1. The highest BCUT2D eigenvalue weighted by molar-refractivity contribution is 5.76. The van der Waals surface area contributed by atoms with Crippen molar-refractivity contribution in [3.05, 3.63) is 28.3 Å². The quantitative estimate of drug-likeness (QED) is 0.670. The van der Waals surface area contributed by atoms with Crippen LogP contribution < -0.4 is 10.6 Å². The average Bonchev–Trinajstić information content (AvgIpc) is 2.47. The van der Waals surface area contributed by atoms with Gasteiger partial charge in [-0.3, -0.25) is 0 Å². The fourth-order valence-corrected chi connectivity index (χ4v) is 1.27. The van der Waals surface area contributed by atoms with Crippen LogP contribution in [0.2, 0.25) is 0 Å². The molecule has 0 unspecified atom stereocenters. The molecular weight excluding hydrogens is 172 g/mol. The molecule has 0 atom stereocenters. The SMILES string of the molecule is COc1ccc2oc(=O)oc2c1C. The van der Waals surface area contributed by atoms with Crippen LogP contribution in [0.5, 0.6) is 5.75 Å². The molecule has 0 N–H and O–H groups in total. The minimum atomic E-state index is -0.689. The molecule has 2 rings (SSSR count). The summed E-state index contributed by atoms with van der Waals surface area (Å²) in [6.45, 7) is 1.81. The van der Waals surface area contributed by atoms with E-state index in [0.29, 0.717) is 16.9 Å². The number of ether oxygens (including phenoxy) is 1. The van der Waals surface area contributed by atoms with Gasteiger partial charge in [0, 0.05) is 5.56 Å². The van der Waals surface area contributed by atoms with E-state index in [-0.39, 0.29) is 0 Å². The van der Waals surface area contributed by atoms with Crippen molar-refractivity contribution >= 4 is 11.2 Å². The molecule has 13 heavy (non-hydrogen) atoms. The smallest absolute Gasteiger partial charge is 0.496 e. The van der Waals surface area contributed by atoms with E-state index in [9.17, 15) is 4.79 Å². The first-order valence-electron chi connectivity index (χ1n) is 3.79. The third kappa shape index (κ3) is 1.11. The predicted molar refractivity (Wildman–Crippen MR) is 46.0 cm³/mol. The van der Waals surface area contributed by atoms with Gasteiger partial charge in [0.2, 0.25) is 0 Å². The molecule has 0 saturated carbocycles. The van der Waals surface area contributed by atoms with Crippen molar-refractivity contribution in [2.45, 2.75) is 6.92 Å². The Labute approximate surface area is 73.7 Å². The Morgan fingerprint density at radius 3 is 2.77 bits per heavy atom. The van der Waals surface area contributed by atoms with E-state index in [0.717, 1.165) is 5.56 Å². The van der Waals surface area contributed by atoms with Gasteiger partial charge in [0.1, 0.15) is 5.75 Å². The molecule has 1 aromatic carbocycles. The van der Waals surface area contributed by atoms with E-state index in [4.69, 9.17) is 13.6 Å². The molecule has 4 heteroatoms. The lowest BCUT2D eigenvalue weighted by Crippen LogP contribution is -1.86. The van der Waals surface area contributed by atoms with Crippen LogP contribution in [0.4, 0.5) is 0 Å². The van der Waals surface area contributed by atoms with E-state index in [2.05, 4.69) is 0 Å². The van der Waals surface area contributed by atoms with Crippen LogP contribution in [-0.4, -0.2) is 7.11 Å². The Kier molecular flexibility index (Phi) is 1.62. The van der Waals surface area contributed by atoms with Gasteiger partial charge >= 0.3 is 5.82 Å². The first kappa shape index (κ1) is 7.91. The van der Waals surface area contributed by atoms with Gasteiger partial charge in [-0.1, -0.05) is 0 Å². The third-order valence-corrected chi connectivity index (χ3v) is 1.92. The maximum atomic E-state index is 10.8. The first-order chi connectivity index (χ1) is 6.22. The Hall–Kier alpha value is -1.71. The molecule has 0 amide bonds. The van der Waals surface area contributed by atoms with E-state index < -0.39 is 5.82 Å². The van der Waals surface area contributed by atoms with Crippen molar-refractivity contribution in [2.75, 3.05) is 7.11 Å². The van der Waals surface area contributed by atoms with Gasteiger partial charge in [0.15, 0.2) is 11.2 Å². The van der Waals surface area contributed by atoms with Crippen LogP contribution in [0.3, 0.4) is 0 Å². The summed E-state index contributed by atoms with van der Waals surface area (Å²) in [5.74, 6) is -0.0107. The fraction of sp³-hybridized carbons (Fsp3) is 0.222. The van der Waals surface area contributed by atoms with E-state index in [1.54, 1.807) is 26.2 Å². The summed E-state index contributed by atoms with van der Waals surface area (Å²) in [7, 11) is 1.56. The second-order valence-electron chi connectivity index (χ2n) is 2.67. The van der Waals surface area contributed by atoms with Gasteiger partial charge < -0.3 is 13.6 Å². The lowest BCUT2D eigenvalue weighted by atomic mass is 10.2. The van der Waals surface area contributed by atoms with Crippen LogP contribution in [0.15, 0.2) is 25.8 Å². The normalized spacial score (nSPS) is 10.6. The molecule has 4 nitrogen and oxygen atoms in total. The van der Waals surface area contributed by atoms with Crippen molar-refractivity contribution < 1.29 is 13.6 Å². The fourth-order valence-electron chi connectivity index (χ4n) is 1.27. The second-order valence-corrected chi connectivity index (χ2v) is 2.67. The first-order valence-corrected chi connectivity index (χ1v) is 3.79. The maximum Gasteiger partial charge on any atom is 0.519 e. The number of rotatable bonds is 1. The monoisotopic (exact) mass is 180 g/mol. The maximum absolute atomic E-state index is 10.8. The van der Waals surface area contributed by atoms with Crippen molar-refractivity contribution in [2.24, 2.45) is 0 Å². The molecule has 0 bridgehead atoms. The summed E-state index contributed by atoms with van der Waals surface area (Å²) in [5, 5.41) is 0. The van der Waals surface area contributed by atoms with Crippen LogP contribution in [0.25, 0.3) is 11.2 Å². The average molecular weight is 180 g/mol. The molecule has 0 aliphatic heterocycles. The summed E-state index contributed by atoms with van der Waals surface area (Å²) in [5.41, 5.74) is 1.67. The molecular formula is C9H8O4. The molecule has 68 valence electrons. The van der Waals surface area contributed by atoms with Gasteiger partial charge in [-0.15, -0.1) is 0 Å². The highest BCUT2D eigenvalue weighted by atomic mass is 16.6. The van der Waals surface area contributed by atoms with Crippen LogP contribution in [0.1, 0.15) is 5.56 Å². The van der Waals surface area contributed by atoms with Crippen LogP contribution in [-0.2, 0) is 0 Å². The molecule has 0 radical (unpaired) electrons. The second kappa shape index (κ2) is 2.65. The zero-order chi connectivity index (χ0) is 9.42. The summed E-state index contributed by atoms with van der Waals surface area (Å²) in [6, 6.07) is 3.38. The Bertz CT molecular complexity index is 492. The third-order valence-electron chi connectivity index (χ3n) is 1.92. The Balaban J connectivity index is 2.85. The molecule has 0 spiro atoms. The molecule has 0 saturated heterocycles. The lowest BCUT2D eigenvalue weighted by molar-refractivity contribution is 0.404. The van der Waals surface area contributed by atoms with Gasteiger partial charge in [-0.05, 0) is 19.1 Å². The van der Waals surface area contributed by atoms with Gasteiger partial charge in [0.25, 0.3) is 0 Å². The molecule has 1 aromatic heterocycles. The number of hydrogen-bond donors (Lipinski definition) is 0. The number of benzene rings is 1. The van der Waals surface area contributed by atoms with E-state index in [1.807, 2.05) is 0 Å². The van der Waals surface area contributed by atoms with Crippen molar-refractivity contribution in [3.63, 3.8) is 0 Å². The van der Waals surface area contributed by atoms with Crippen molar-refractivity contribution in [1.82, 2.24) is 0 Å². The minimum absolute atomic E-state index is 0.448. The summed E-state index contributed by atoms with van der Waals surface area (Å²) in [6.07, 6.45) is 0. The van der Waals surface area contributed by atoms with E-state index >= 15 is 0 Å². The van der Waals surface area contributed by atoms with Crippen LogP contribution >= 0.6 is 0 Å². The van der Waals surface area contributed by atoms with Gasteiger partial charge in [-0.2, -0.15) is 0 Å². The van der Waals surface area contributed by atoms with Crippen molar-refractivity contribution in [1.29, 1.82) is 0 Å². The highest BCUT2D eigenvalue weighted by Crippen LogP contribution is 2.25. The summed E-state index contributed by atoms with van der Waals surface area (Å²) < 4.78 is 14.7. The van der Waals surface area contributed by atoms with E-state index in [1.165, 1.54) is 0 Å². The van der Waals surface area contributed by atoms with Gasteiger partial charge in [-0.25, -0.2) is 4.79 Å². The topological polar surface area (TPSA) is 52.6 Å². The predicted octanol–water partition coefficient (Wildman–Crippen LogP) is 1.70. The summed E-state index contributed by atoms with van der Waals surface area (Å²) in [4.78, 5) is 10.8. The molecule has 0 aliphatic carbocycles. The zero-order valence-corrected chi connectivity index (χ0v) is 7.29. The Morgan fingerprint density at radius 1 is 1.31 bits per heavy atom. The number of fused-ring (bicyclic) bond motifs is 1. The summed E-state index contributed by atoms with van der Waals surface area (Å²) >= 11 is 0. The van der Waals surface area contributed by atoms with Gasteiger partial charge in [0.05, 0.1) is 7.11 Å². The largest absolute Gasteiger partial charge is 0.519 e. The number of hydrogen-bond acceptors (Lipinski definition) is 4. The van der Waals surface area contributed by atoms with Crippen molar-refractivity contribution in [3.8, 4) is 5.75 Å². The standard InChI is InChI=1S/C9H8O4/c1-5-6(11-2)3-4-7-8(5)13-9(10)12-7/h3-4H,1-2H3. The van der Waals surface area contributed by atoms with Crippen LogP contribution in [0, 0.1) is 6.92 Å². The highest BCUT2D eigenvalue weighted by Gasteiger charge is 2.09. The minimum Gasteiger partial charge on any atom is -0.496 e. The molecule has 0 fully saturated rings. The number of methoxy groups -OCH3 is 1. The molecule has 1 heterocycles.